The molecule has 3 rings (SSSR count). The van der Waals surface area contributed by atoms with Gasteiger partial charge in [0.2, 0.25) is 5.88 Å². The number of methoxy groups -OCH3 is 1. The van der Waals surface area contributed by atoms with Crippen LogP contribution in [0.2, 0.25) is 0 Å². The first-order chi connectivity index (χ1) is 13.6. The molecule has 0 aliphatic heterocycles. The molecular formula is C17H11F5N4O3. The molecule has 29 heavy (non-hydrogen) atoms. The first-order valence-corrected chi connectivity index (χ1v) is 7.80. The maximum atomic E-state index is 13.4. The summed E-state index contributed by atoms with van der Waals surface area (Å²) in [5, 5.41) is 4.23. The highest BCUT2D eigenvalue weighted by molar-refractivity contribution is 6.44. The Morgan fingerprint density at radius 1 is 1.07 bits per heavy atom. The summed E-state index contributed by atoms with van der Waals surface area (Å²) >= 11 is 0. The molecule has 2 amide bonds. The van der Waals surface area contributed by atoms with Crippen LogP contribution >= 0.6 is 0 Å². The van der Waals surface area contributed by atoms with Crippen molar-refractivity contribution in [2.24, 2.45) is 0 Å². The number of hydrogen-bond acceptors (Lipinski definition) is 4. The number of carbonyl (C=O) groups is 2. The molecule has 0 bridgehead atoms. The minimum Gasteiger partial charge on any atom is -0.481 e. The minimum atomic E-state index is -4.80. The number of rotatable bonds is 3. The number of nitrogens with zero attached hydrogens (tertiary/aromatic N) is 1. The fourth-order valence-electron chi connectivity index (χ4n) is 2.47. The number of pyridine rings is 1. The van der Waals surface area contributed by atoms with Crippen LogP contribution in [0.4, 0.5) is 33.3 Å². The van der Waals surface area contributed by atoms with Crippen LogP contribution in [0.1, 0.15) is 5.56 Å². The molecule has 0 unspecified atom stereocenters. The van der Waals surface area contributed by atoms with Crippen molar-refractivity contribution >= 4 is 34.1 Å². The van der Waals surface area contributed by atoms with Crippen molar-refractivity contribution in [2.75, 3.05) is 17.7 Å². The Hall–Kier alpha value is -3.70. The molecule has 2 aromatic heterocycles. The largest absolute Gasteiger partial charge is 0.481 e. The second-order valence-electron chi connectivity index (χ2n) is 5.70. The van der Waals surface area contributed by atoms with E-state index in [1.54, 1.807) is 0 Å². The smallest absolute Gasteiger partial charge is 0.421 e. The monoisotopic (exact) mass is 414 g/mol. The summed E-state index contributed by atoms with van der Waals surface area (Å²) in [7, 11) is 0.999. The molecule has 0 saturated heterocycles. The molecule has 3 N–H and O–H groups in total. The van der Waals surface area contributed by atoms with Gasteiger partial charge in [0, 0.05) is 17.6 Å². The third-order valence-electron chi connectivity index (χ3n) is 3.78. The van der Waals surface area contributed by atoms with E-state index in [9.17, 15) is 31.5 Å². The summed E-state index contributed by atoms with van der Waals surface area (Å²) < 4.78 is 70.1. The van der Waals surface area contributed by atoms with E-state index in [2.05, 4.69) is 20.0 Å². The quantitative estimate of drug-likeness (QED) is 0.452. The number of benzene rings is 1. The summed E-state index contributed by atoms with van der Waals surface area (Å²) in [6.07, 6.45) is -2.72. The number of fused-ring (bicyclic) bond motifs is 1. The van der Waals surface area contributed by atoms with E-state index in [4.69, 9.17) is 0 Å². The normalized spacial score (nSPS) is 11.4. The predicted octanol–water partition coefficient (Wildman–Crippen LogP) is 3.45. The van der Waals surface area contributed by atoms with Crippen LogP contribution in [-0.4, -0.2) is 28.9 Å². The lowest BCUT2D eigenvalue weighted by Gasteiger charge is -2.12. The number of carbonyl (C=O) groups excluding carboxylic acids is 2. The van der Waals surface area contributed by atoms with E-state index >= 15 is 0 Å². The maximum absolute atomic E-state index is 13.4. The first kappa shape index (κ1) is 20.0. The van der Waals surface area contributed by atoms with Crippen LogP contribution in [0.25, 0.3) is 10.9 Å². The summed E-state index contributed by atoms with van der Waals surface area (Å²) in [6, 6.07) is 2.24. The molecule has 0 aliphatic carbocycles. The Bertz CT molecular complexity index is 1110. The van der Waals surface area contributed by atoms with Gasteiger partial charge in [0.15, 0.2) is 11.6 Å². The van der Waals surface area contributed by atoms with E-state index in [1.165, 1.54) is 6.20 Å². The van der Waals surface area contributed by atoms with Crippen LogP contribution in [0.5, 0.6) is 5.88 Å². The van der Waals surface area contributed by atoms with Crippen LogP contribution in [0, 0.1) is 11.6 Å². The molecule has 0 fully saturated rings. The van der Waals surface area contributed by atoms with E-state index in [0.717, 1.165) is 25.4 Å². The number of amides is 2. The summed E-state index contributed by atoms with van der Waals surface area (Å²) in [6.45, 7) is 0. The number of anilines is 2. The van der Waals surface area contributed by atoms with Gasteiger partial charge in [-0.05, 0) is 12.1 Å². The zero-order valence-electron chi connectivity index (χ0n) is 14.4. The Balaban J connectivity index is 1.78. The van der Waals surface area contributed by atoms with Crippen LogP contribution in [0.3, 0.4) is 0 Å². The lowest BCUT2D eigenvalue weighted by molar-refractivity contribution is -0.139. The molecule has 1 aromatic carbocycles. The zero-order chi connectivity index (χ0) is 21.3. The minimum absolute atomic E-state index is 0.0251. The molecular weight excluding hydrogens is 403 g/mol. The van der Waals surface area contributed by atoms with Gasteiger partial charge in [0.05, 0.1) is 30.2 Å². The number of ether oxygens (including phenoxy) is 1. The zero-order valence-corrected chi connectivity index (χ0v) is 14.4. The summed E-state index contributed by atoms with van der Waals surface area (Å²) in [5.74, 6) is -5.53. The molecule has 0 saturated carbocycles. The fourth-order valence-corrected chi connectivity index (χ4v) is 2.47. The van der Waals surface area contributed by atoms with E-state index in [1.807, 2.05) is 5.32 Å². The van der Waals surface area contributed by atoms with E-state index < -0.39 is 46.8 Å². The number of nitrogens with one attached hydrogen (secondary N) is 3. The highest BCUT2D eigenvalue weighted by atomic mass is 19.4. The molecule has 12 heteroatoms. The molecule has 0 radical (unpaired) electrons. The lowest BCUT2D eigenvalue weighted by atomic mass is 10.2. The predicted molar refractivity (Wildman–Crippen MR) is 91.3 cm³/mol. The topological polar surface area (TPSA) is 96.1 Å². The van der Waals surface area contributed by atoms with Gasteiger partial charge in [0.1, 0.15) is 5.56 Å². The molecule has 0 atom stereocenters. The van der Waals surface area contributed by atoms with Crippen LogP contribution in [0.15, 0.2) is 30.6 Å². The van der Waals surface area contributed by atoms with E-state index in [-0.39, 0.29) is 16.6 Å². The van der Waals surface area contributed by atoms with Crippen molar-refractivity contribution < 1.29 is 36.3 Å². The fraction of sp³-hybridized carbons (Fsp3) is 0.118. The molecule has 152 valence electrons. The van der Waals surface area contributed by atoms with Gasteiger partial charge in [0.25, 0.3) is 0 Å². The van der Waals surface area contributed by atoms with Gasteiger partial charge in [-0.15, -0.1) is 0 Å². The maximum Gasteiger partial charge on any atom is 0.421 e. The average Bonchev–Trinajstić information content (AvgIpc) is 3.02. The van der Waals surface area contributed by atoms with Crippen molar-refractivity contribution in [3.8, 4) is 5.88 Å². The number of alkyl halides is 3. The van der Waals surface area contributed by atoms with Crippen molar-refractivity contribution in [1.82, 2.24) is 9.97 Å². The van der Waals surface area contributed by atoms with Crippen molar-refractivity contribution in [1.29, 1.82) is 0 Å². The third kappa shape index (κ3) is 4.10. The molecule has 7 nitrogen and oxygen atoms in total. The van der Waals surface area contributed by atoms with Gasteiger partial charge in [-0.3, -0.25) is 9.59 Å². The summed E-state index contributed by atoms with van der Waals surface area (Å²) in [4.78, 5) is 30.1. The third-order valence-corrected chi connectivity index (χ3v) is 3.78. The molecule has 2 heterocycles. The number of halogens is 5. The van der Waals surface area contributed by atoms with Crippen molar-refractivity contribution in [2.45, 2.75) is 6.18 Å². The second-order valence-corrected chi connectivity index (χ2v) is 5.70. The van der Waals surface area contributed by atoms with Gasteiger partial charge in [-0.25, -0.2) is 13.8 Å². The van der Waals surface area contributed by atoms with Gasteiger partial charge < -0.3 is 20.4 Å². The Morgan fingerprint density at radius 2 is 1.72 bits per heavy atom. The Kier molecular flexibility index (Phi) is 5.10. The van der Waals surface area contributed by atoms with Crippen LogP contribution < -0.4 is 15.4 Å². The Labute approximate surface area is 158 Å². The highest BCUT2D eigenvalue weighted by Gasteiger charge is 2.35. The van der Waals surface area contributed by atoms with E-state index in [0.29, 0.717) is 6.07 Å². The SMILES string of the molecule is COc1ncc(NC(=O)C(=O)Nc2c[nH]c3cc(F)c(F)cc23)cc1C(F)(F)F. The van der Waals surface area contributed by atoms with Gasteiger partial charge in [-0.1, -0.05) is 0 Å². The lowest BCUT2D eigenvalue weighted by Crippen LogP contribution is -2.29. The number of aromatic amines is 1. The molecule has 0 aliphatic rings. The van der Waals surface area contributed by atoms with Gasteiger partial charge >= 0.3 is 18.0 Å². The van der Waals surface area contributed by atoms with Crippen LogP contribution in [-0.2, 0) is 15.8 Å². The standard InChI is InChI=1S/C17H11F5N4O3/c1-29-16-9(17(20,21)22)2-7(5-24-16)25-14(27)15(28)26-13-6-23-12-4-11(19)10(18)3-8(12)13/h2-6,23H,1H3,(H,25,27)(H,26,28). The van der Waals surface area contributed by atoms with Crippen molar-refractivity contribution in [3.63, 3.8) is 0 Å². The second kappa shape index (κ2) is 7.37. The highest BCUT2D eigenvalue weighted by Crippen LogP contribution is 2.36. The first-order valence-electron chi connectivity index (χ1n) is 7.80. The molecule has 3 aromatic rings. The number of hydrogen-bond donors (Lipinski definition) is 3. The van der Waals surface area contributed by atoms with Crippen molar-refractivity contribution in [3.05, 3.63) is 47.8 Å². The number of aromatic nitrogens is 2. The number of H-pyrrole nitrogens is 1. The Morgan fingerprint density at radius 3 is 2.38 bits per heavy atom. The summed E-state index contributed by atoms with van der Waals surface area (Å²) in [5.41, 5.74) is -1.51. The average molecular weight is 414 g/mol. The van der Waals surface area contributed by atoms with Gasteiger partial charge in [-0.2, -0.15) is 13.2 Å². The molecule has 0 spiro atoms.